The number of methoxy groups -OCH3 is 1. The molecule has 1 atom stereocenters. The van der Waals surface area contributed by atoms with E-state index in [0.717, 1.165) is 17.1 Å². The van der Waals surface area contributed by atoms with E-state index >= 15 is 0 Å². The van der Waals surface area contributed by atoms with Crippen LogP contribution in [-0.2, 0) is 28.7 Å². The van der Waals surface area contributed by atoms with Gasteiger partial charge in [0.05, 0.1) is 7.11 Å². The van der Waals surface area contributed by atoms with Crippen molar-refractivity contribution in [2.75, 3.05) is 39.8 Å². The van der Waals surface area contributed by atoms with Gasteiger partial charge in [-0.2, -0.15) is 0 Å². The lowest BCUT2D eigenvalue weighted by Gasteiger charge is -2.17. The summed E-state index contributed by atoms with van der Waals surface area (Å²) in [6.45, 7) is 0.510. The zero-order valence-corrected chi connectivity index (χ0v) is 20.0. The van der Waals surface area contributed by atoms with Crippen LogP contribution in [0.4, 0.5) is 9.59 Å². The van der Waals surface area contributed by atoms with Crippen molar-refractivity contribution in [2.45, 2.75) is 38.1 Å². The predicted octanol–water partition coefficient (Wildman–Crippen LogP) is -1.80. The van der Waals surface area contributed by atoms with Gasteiger partial charge in [-0.05, 0) is 19.3 Å². The molecule has 1 aliphatic rings. The van der Waals surface area contributed by atoms with Crippen molar-refractivity contribution < 1.29 is 43.4 Å². The Morgan fingerprint density at radius 3 is 2.06 bits per heavy atom. The van der Waals surface area contributed by atoms with Gasteiger partial charge in [-0.15, -0.1) is 0 Å². The highest BCUT2D eigenvalue weighted by atomic mass is 16.5. The highest BCUT2D eigenvalue weighted by molar-refractivity contribution is 6.13. The van der Waals surface area contributed by atoms with E-state index in [0.29, 0.717) is 19.4 Å². The molecule has 0 aromatic heterocycles. The van der Waals surface area contributed by atoms with E-state index in [1.807, 2.05) is 0 Å². The second-order valence-corrected chi connectivity index (χ2v) is 7.57. The number of imide groups is 1. The Hall–Kier alpha value is -4.17. The standard InChI is InChI=1S/C21H32N6O9/c1-36-21(35)25-9-3-2-4-14(26-20(33)34)19(32)24-10-7-15(28)22-11-12-23-16(29)8-13-27-17(30)5-6-18(27)31/h5-6,14,26H,2-4,7-13H2,1H3,(H,22,28)(H,23,29)(H,24,32)(H,25,35)(H,33,34). The maximum Gasteiger partial charge on any atom is 0.406 e. The summed E-state index contributed by atoms with van der Waals surface area (Å²) in [7, 11) is 1.23. The summed E-state index contributed by atoms with van der Waals surface area (Å²) < 4.78 is 4.43. The number of ether oxygens (including phenoxy) is 1. The van der Waals surface area contributed by atoms with Gasteiger partial charge in [-0.3, -0.25) is 28.9 Å². The second kappa shape index (κ2) is 16.5. The van der Waals surface area contributed by atoms with Crippen LogP contribution >= 0.6 is 0 Å². The molecule has 0 aliphatic carbocycles. The number of amides is 7. The molecule has 0 radical (unpaired) electrons. The van der Waals surface area contributed by atoms with Gasteiger partial charge in [0, 0.05) is 57.7 Å². The lowest BCUT2D eigenvalue weighted by Crippen LogP contribution is -2.47. The van der Waals surface area contributed by atoms with Gasteiger partial charge in [0.15, 0.2) is 0 Å². The summed E-state index contributed by atoms with van der Waals surface area (Å²) in [5, 5.41) is 21.1. The molecule has 0 spiro atoms. The van der Waals surface area contributed by atoms with Crippen LogP contribution in [0.3, 0.4) is 0 Å². The molecule has 0 aromatic rings. The van der Waals surface area contributed by atoms with Gasteiger partial charge < -0.3 is 36.4 Å². The fraction of sp³-hybridized carbons (Fsp3) is 0.571. The fourth-order valence-electron chi connectivity index (χ4n) is 3.02. The molecule has 1 aliphatic heterocycles. The van der Waals surface area contributed by atoms with Crippen molar-refractivity contribution >= 4 is 41.7 Å². The van der Waals surface area contributed by atoms with Crippen LogP contribution in [0.1, 0.15) is 32.1 Å². The number of hydrogen-bond acceptors (Lipinski definition) is 8. The Balaban J connectivity index is 2.18. The number of rotatable bonds is 16. The molecule has 1 rings (SSSR count). The van der Waals surface area contributed by atoms with Crippen LogP contribution in [0.2, 0.25) is 0 Å². The van der Waals surface area contributed by atoms with Crippen LogP contribution in [0.5, 0.6) is 0 Å². The maximum atomic E-state index is 12.3. The monoisotopic (exact) mass is 512 g/mol. The van der Waals surface area contributed by atoms with Crippen LogP contribution in [0.25, 0.3) is 0 Å². The zero-order valence-electron chi connectivity index (χ0n) is 20.0. The third-order valence-corrected chi connectivity index (χ3v) is 4.87. The van der Waals surface area contributed by atoms with Gasteiger partial charge >= 0.3 is 12.2 Å². The SMILES string of the molecule is COC(=O)NCCCCC(NC(=O)O)C(=O)NCCC(=O)NCCNC(=O)CCN1C(=O)C=CC1=O. The molecule has 1 unspecified atom stereocenters. The van der Waals surface area contributed by atoms with E-state index in [9.17, 15) is 33.6 Å². The first kappa shape index (κ1) is 29.9. The van der Waals surface area contributed by atoms with Gasteiger partial charge in [0.25, 0.3) is 11.8 Å². The molecule has 0 saturated heterocycles. The number of carbonyl (C=O) groups excluding carboxylic acids is 6. The minimum absolute atomic E-state index is 0.0232. The molecule has 0 bridgehead atoms. The van der Waals surface area contributed by atoms with Crippen molar-refractivity contribution in [1.29, 1.82) is 0 Å². The molecule has 6 N–H and O–H groups in total. The summed E-state index contributed by atoms with van der Waals surface area (Å²) in [5.41, 5.74) is 0. The van der Waals surface area contributed by atoms with Gasteiger partial charge in [0.1, 0.15) is 6.04 Å². The molecule has 1 heterocycles. The van der Waals surface area contributed by atoms with E-state index in [4.69, 9.17) is 5.11 Å². The number of carboxylic acid groups (broad SMARTS) is 1. The van der Waals surface area contributed by atoms with Crippen molar-refractivity contribution in [2.24, 2.45) is 0 Å². The summed E-state index contributed by atoms with van der Waals surface area (Å²) in [6.07, 6.45) is 1.35. The van der Waals surface area contributed by atoms with Crippen molar-refractivity contribution in [3.05, 3.63) is 12.2 Å². The number of alkyl carbamates (subject to hydrolysis) is 1. The molecule has 0 fully saturated rings. The molecule has 15 nitrogen and oxygen atoms in total. The van der Waals surface area contributed by atoms with Crippen molar-refractivity contribution in [3.63, 3.8) is 0 Å². The van der Waals surface area contributed by atoms with Crippen molar-refractivity contribution in [1.82, 2.24) is 31.5 Å². The lowest BCUT2D eigenvalue weighted by molar-refractivity contribution is -0.137. The summed E-state index contributed by atoms with van der Waals surface area (Å²) in [4.78, 5) is 81.6. The first-order chi connectivity index (χ1) is 17.1. The van der Waals surface area contributed by atoms with E-state index in [1.165, 1.54) is 7.11 Å². The minimum atomic E-state index is -1.36. The third-order valence-electron chi connectivity index (χ3n) is 4.87. The van der Waals surface area contributed by atoms with Gasteiger partial charge in [-0.25, -0.2) is 9.59 Å². The Bertz CT molecular complexity index is 843. The predicted molar refractivity (Wildman–Crippen MR) is 123 cm³/mol. The molecule has 15 heteroatoms. The maximum absolute atomic E-state index is 12.3. The average molecular weight is 513 g/mol. The molecular formula is C21H32N6O9. The topological polar surface area (TPSA) is 212 Å². The Kier molecular flexibility index (Phi) is 13.6. The Morgan fingerprint density at radius 1 is 0.861 bits per heavy atom. The van der Waals surface area contributed by atoms with Crippen LogP contribution in [0.15, 0.2) is 12.2 Å². The van der Waals surface area contributed by atoms with E-state index in [-0.39, 0.29) is 57.3 Å². The molecule has 36 heavy (non-hydrogen) atoms. The molecular weight excluding hydrogens is 480 g/mol. The number of nitrogens with zero attached hydrogens (tertiary/aromatic N) is 1. The molecule has 200 valence electrons. The number of nitrogens with one attached hydrogen (secondary N) is 5. The molecule has 0 saturated carbocycles. The highest BCUT2D eigenvalue weighted by Gasteiger charge is 2.23. The molecule has 7 amide bonds. The van der Waals surface area contributed by atoms with Crippen molar-refractivity contribution in [3.8, 4) is 0 Å². The smallest absolute Gasteiger partial charge is 0.406 e. The second-order valence-electron chi connectivity index (χ2n) is 7.57. The zero-order chi connectivity index (χ0) is 26.9. The number of unbranched alkanes of at least 4 members (excludes halogenated alkanes) is 1. The Morgan fingerprint density at radius 2 is 1.47 bits per heavy atom. The fourth-order valence-corrected chi connectivity index (χ4v) is 3.02. The first-order valence-electron chi connectivity index (χ1n) is 11.3. The summed E-state index contributed by atoms with van der Waals surface area (Å²) in [5.74, 6) is -2.29. The van der Waals surface area contributed by atoms with Gasteiger partial charge in [-0.1, -0.05) is 0 Å². The largest absolute Gasteiger partial charge is 0.465 e. The van der Waals surface area contributed by atoms with E-state index < -0.39 is 35.9 Å². The number of hydrogen-bond donors (Lipinski definition) is 6. The highest BCUT2D eigenvalue weighted by Crippen LogP contribution is 2.04. The lowest BCUT2D eigenvalue weighted by atomic mass is 10.1. The quantitative estimate of drug-likeness (QED) is 0.102. The molecule has 0 aromatic carbocycles. The summed E-state index contributed by atoms with van der Waals surface area (Å²) >= 11 is 0. The van der Waals surface area contributed by atoms with Crippen LogP contribution in [0, 0.1) is 0 Å². The van der Waals surface area contributed by atoms with Crippen LogP contribution < -0.4 is 26.6 Å². The minimum Gasteiger partial charge on any atom is -0.465 e. The summed E-state index contributed by atoms with van der Waals surface area (Å²) in [6, 6.07) is -1.01. The van der Waals surface area contributed by atoms with E-state index in [2.05, 4.69) is 31.3 Å². The normalized spacial score (nSPS) is 13.1. The average Bonchev–Trinajstić information content (AvgIpc) is 3.15. The number of carbonyl (C=O) groups is 7. The van der Waals surface area contributed by atoms with Crippen LogP contribution in [-0.4, -0.2) is 97.6 Å². The Labute approximate surface area is 207 Å². The van der Waals surface area contributed by atoms with Gasteiger partial charge in [0.2, 0.25) is 17.7 Å². The van der Waals surface area contributed by atoms with E-state index in [1.54, 1.807) is 0 Å². The first-order valence-corrected chi connectivity index (χ1v) is 11.3. The third kappa shape index (κ3) is 12.3.